The summed E-state index contributed by atoms with van der Waals surface area (Å²) < 4.78 is 95.6. The highest BCUT2D eigenvalue weighted by atomic mass is 32.2. The zero-order chi connectivity index (χ0) is 23.8. The molecule has 0 atom stereocenters. The van der Waals surface area contributed by atoms with Gasteiger partial charge < -0.3 is 0 Å². The van der Waals surface area contributed by atoms with Crippen LogP contribution in [0.15, 0.2) is 88.9 Å². The fourth-order valence-corrected chi connectivity index (χ4v) is 5.52. The van der Waals surface area contributed by atoms with E-state index in [4.69, 9.17) is 0 Å². The number of aromatic nitrogens is 2. The molecule has 0 amide bonds. The van der Waals surface area contributed by atoms with Crippen molar-refractivity contribution in [3.05, 3.63) is 90.5 Å². The van der Waals surface area contributed by atoms with Crippen LogP contribution in [0.3, 0.4) is 0 Å². The fourth-order valence-electron chi connectivity index (χ4n) is 3.20. The van der Waals surface area contributed by atoms with Gasteiger partial charge in [-0.05, 0) is 36.4 Å². The minimum absolute atomic E-state index is 0.0281. The highest BCUT2D eigenvalue weighted by molar-refractivity contribution is 8.00. The summed E-state index contributed by atoms with van der Waals surface area (Å²) in [7, 11) is -4.61. The summed E-state index contributed by atoms with van der Waals surface area (Å²) >= 11 is -0.733. The lowest BCUT2D eigenvalue weighted by molar-refractivity contribution is -0.0331. The lowest BCUT2D eigenvalue weighted by Gasteiger charge is -2.14. The van der Waals surface area contributed by atoms with Crippen molar-refractivity contribution < 1.29 is 30.4 Å². The number of benzene rings is 3. The molecule has 0 aliphatic rings. The summed E-state index contributed by atoms with van der Waals surface area (Å²) in [4.78, 5) is 3.65. The second-order valence-electron chi connectivity index (χ2n) is 6.74. The number of imidazole rings is 1. The van der Waals surface area contributed by atoms with Crippen LogP contribution in [0.25, 0.3) is 22.5 Å². The molecule has 0 spiro atoms. The molecule has 4 nitrogen and oxygen atoms in total. The van der Waals surface area contributed by atoms with Crippen molar-refractivity contribution in [3.8, 4) is 22.5 Å². The Morgan fingerprint density at radius 2 is 1.36 bits per heavy atom. The third kappa shape index (κ3) is 4.79. The van der Waals surface area contributed by atoms with E-state index in [9.17, 15) is 30.4 Å². The molecule has 0 aliphatic carbocycles. The molecular weight excluding hydrogens is 483 g/mol. The van der Waals surface area contributed by atoms with E-state index in [0.717, 1.165) is 24.3 Å². The summed E-state index contributed by atoms with van der Waals surface area (Å²) in [5, 5.41) is -0.912. The molecule has 0 bridgehead atoms. The summed E-state index contributed by atoms with van der Waals surface area (Å²) in [6.45, 7) is 0. The third-order valence-electron chi connectivity index (χ3n) is 4.49. The predicted molar refractivity (Wildman–Crippen MR) is 114 cm³/mol. The van der Waals surface area contributed by atoms with Gasteiger partial charge in [0.25, 0.3) is 10.0 Å². The smallest absolute Gasteiger partial charge is 0.221 e. The maximum Gasteiger partial charge on any atom is 0.449 e. The molecule has 0 unspecified atom stereocenters. The van der Waals surface area contributed by atoms with E-state index in [1.54, 1.807) is 6.07 Å². The van der Waals surface area contributed by atoms with Crippen LogP contribution in [-0.4, -0.2) is 22.9 Å². The van der Waals surface area contributed by atoms with E-state index in [-0.39, 0.29) is 27.4 Å². The van der Waals surface area contributed by atoms with Gasteiger partial charge in [-0.2, -0.15) is 13.2 Å². The first-order chi connectivity index (χ1) is 15.6. The second kappa shape index (κ2) is 8.64. The first-order valence-corrected chi connectivity index (χ1v) is 11.5. The summed E-state index contributed by atoms with van der Waals surface area (Å²) in [5.74, 6) is -1.45. The molecule has 0 saturated carbocycles. The van der Waals surface area contributed by atoms with Crippen LogP contribution in [0.1, 0.15) is 0 Å². The van der Waals surface area contributed by atoms with Gasteiger partial charge >= 0.3 is 5.51 Å². The summed E-state index contributed by atoms with van der Waals surface area (Å²) in [6.07, 6.45) is 0. The molecular formula is C22H13F5N2O2S2. The Balaban J connectivity index is 2.12. The fraction of sp³-hybridized carbons (Fsp3) is 0.0455. The summed E-state index contributed by atoms with van der Waals surface area (Å²) in [5.41, 5.74) is -5.47. The van der Waals surface area contributed by atoms with E-state index >= 15 is 0 Å². The van der Waals surface area contributed by atoms with Crippen molar-refractivity contribution in [2.24, 2.45) is 0 Å². The van der Waals surface area contributed by atoms with Gasteiger partial charge in [0.15, 0.2) is 5.16 Å². The standard InChI is InChI=1S/C22H13F5N2O2S2/c23-16-8-4-6-14(12-16)19-20(15-7-5-9-17(24)13-15)29(21(28-19)32-22(25,26)27)33(30,31)18-10-2-1-3-11-18/h1-13H. The Morgan fingerprint density at radius 3 is 1.94 bits per heavy atom. The molecule has 0 fully saturated rings. The van der Waals surface area contributed by atoms with Gasteiger partial charge in [0, 0.05) is 22.9 Å². The Hall–Kier alpha value is -3.18. The molecule has 0 radical (unpaired) electrons. The lowest BCUT2D eigenvalue weighted by atomic mass is 10.0. The van der Waals surface area contributed by atoms with E-state index in [0.29, 0.717) is 3.97 Å². The first-order valence-electron chi connectivity index (χ1n) is 9.27. The van der Waals surface area contributed by atoms with Crippen LogP contribution in [0.2, 0.25) is 0 Å². The molecule has 0 aliphatic heterocycles. The van der Waals surface area contributed by atoms with Crippen LogP contribution < -0.4 is 0 Å². The van der Waals surface area contributed by atoms with Gasteiger partial charge in [-0.1, -0.05) is 42.5 Å². The highest BCUT2D eigenvalue weighted by Crippen LogP contribution is 2.43. The summed E-state index contributed by atoms with van der Waals surface area (Å²) in [6, 6.07) is 16.3. The van der Waals surface area contributed by atoms with Crippen LogP contribution in [0.4, 0.5) is 22.0 Å². The van der Waals surface area contributed by atoms with E-state index in [1.807, 2.05) is 0 Å². The van der Waals surface area contributed by atoms with Crippen LogP contribution >= 0.6 is 11.8 Å². The number of nitrogens with zero attached hydrogens (tertiary/aromatic N) is 2. The van der Waals surface area contributed by atoms with Gasteiger partial charge in [0.2, 0.25) is 0 Å². The van der Waals surface area contributed by atoms with E-state index in [2.05, 4.69) is 4.98 Å². The topological polar surface area (TPSA) is 52.0 Å². The molecule has 170 valence electrons. The molecule has 4 rings (SSSR count). The zero-order valence-electron chi connectivity index (χ0n) is 16.4. The Kier molecular flexibility index (Phi) is 6.02. The lowest BCUT2D eigenvalue weighted by Crippen LogP contribution is -2.17. The van der Waals surface area contributed by atoms with Gasteiger partial charge in [-0.3, -0.25) is 0 Å². The number of alkyl halides is 3. The van der Waals surface area contributed by atoms with E-state index in [1.165, 1.54) is 48.5 Å². The first kappa shape index (κ1) is 23.0. The second-order valence-corrected chi connectivity index (χ2v) is 9.56. The minimum atomic E-state index is -4.88. The number of thioether (sulfide) groups is 1. The number of rotatable bonds is 5. The predicted octanol–water partition coefficient (Wildman–Crippen LogP) is 6.34. The monoisotopic (exact) mass is 496 g/mol. The number of hydrogen-bond acceptors (Lipinski definition) is 4. The van der Waals surface area contributed by atoms with Crippen molar-refractivity contribution in [3.63, 3.8) is 0 Å². The van der Waals surface area contributed by atoms with Crippen molar-refractivity contribution in [2.45, 2.75) is 15.6 Å². The maximum atomic E-state index is 14.1. The molecule has 0 saturated heterocycles. The Labute approximate surface area is 189 Å². The molecule has 1 heterocycles. The van der Waals surface area contributed by atoms with Crippen molar-refractivity contribution in [1.82, 2.24) is 8.96 Å². The van der Waals surface area contributed by atoms with Crippen LogP contribution in [0, 0.1) is 11.6 Å². The van der Waals surface area contributed by atoms with Crippen molar-refractivity contribution in [2.75, 3.05) is 0 Å². The molecule has 33 heavy (non-hydrogen) atoms. The third-order valence-corrected chi connectivity index (χ3v) is 7.00. The Bertz CT molecular complexity index is 1420. The van der Waals surface area contributed by atoms with Crippen LogP contribution in [0.5, 0.6) is 0 Å². The van der Waals surface area contributed by atoms with Crippen molar-refractivity contribution in [1.29, 1.82) is 0 Å². The van der Waals surface area contributed by atoms with Gasteiger partial charge in [0.05, 0.1) is 16.3 Å². The molecule has 4 aromatic rings. The average Bonchev–Trinajstić information content (AvgIpc) is 3.12. The van der Waals surface area contributed by atoms with E-state index < -0.39 is 44.1 Å². The quantitative estimate of drug-likeness (QED) is 0.239. The zero-order valence-corrected chi connectivity index (χ0v) is 18.1. The largest absolute Gasteiger partial charge is 0.449 e. The number of hydrogen-bond donors (Lipinski definition) is 0. The molecule has 11 heteroatoms. The highest BCUT2D eigenvalue weighted by Gasteiger charge is 2.37. The van der Waals surface area contributed by atoms with Gasteiger partial charge in [-0.15, -0.1) is 0 Å². The molecule has 3 aromatic carbocycles. The van der Waals surface area contributed by atoms with Crippen LogP contribution in [-0.2, 0) is 10.0 Å². The Morgan fingerprint density at radius 1 is 0.788 bits per heavy atom. The molecule has 0 N–H and O–H groups in total. The number of halogens is 5. The molecule has 1 aromatic heterocycles. The maximum absolute atomic E-state index is 14.1. The normalized spacial score (nSPS) is 12.2. The average molecular weight is 496 g/mol. The van der Waals surface area contributed by atoms with Crippen molar-refractivity contribution >= 4 is 21.8 Å². The van der Waals surface area contributed by atoms with Gasteiger partial charge in [-0.25, -0.2) is 26.2 Å². The minimum Gasteiger partial charge on any atom is -0.221 e. The van der Waals surface area contributed by atoms with Gasteiger partial charge in [0.1, 0.15) is 11.6 Å². The SMILES string of the molecule is O=S(=O)(c1ccccc1)n1c(SC(F)(F)F)nc(-c2cccc(F)c2)c1-c1cccc(F)c1.